The molecule has 1 heterocycles. The second-order valence-electron chi connectivity index (χ2n) is 7.82. The summed E-state index contributed by atoms with van der Waals surface area (Å²) in [5.41, 5.74) is 2.37. The summed E-state index contributed by atoms with van der Waals surface area (Å²) < 4.78 is 38.3. The van der Waals surface area contributed by atoms with Crippen LogP contribution in [0.5, 0.6) is 0 Å². The first-order valence-corrected chi connectivity index (χ1v) is 10.5. The molecule has 34 heavy (non-hydrogen) atoms. The van der Waals surface area contributed by atoms with Gasteiger partial charge in [-0.1, -0.05) is 30.8 Å². The number of nitrogens with zero attached hydrogens (tertiary/aromatic N) is 3. The predicted molar refractivity (Wildman–Crippen MR) is 125 cm³/mol. The highest BCUT2D eigenvalue weighted by Gasteiger charge is 2.30. The zero-order chi connectivity index (χ0) is 24.9. The van der Waals surface area contributed by atoms with Gasteiger partial charge in [-0.25, -0.2) is 0 Å². The van der Waals surface area contributed by atoms with Gasteiger partial charge in [0.2, 0.25) is 5.91 Å². The number of alkyl halides is 3. The smallest absolute Gasteiger partial charge is 0.345 e. The second kappa shape index (κ2) is 10.3. The lowest BCUT2D eigenvalue weighted by molar-refractivity contribution is -0.137. The van der Waals surface area contributed by atoms with Crippen molar-refractivity contribution < 1.29 is 22.8 Å². The number of halogens is 3. The molecule has 0 saturated carbocycles. The molecular weight excluding hydrogens is 443 g/mol. The molecular formula is C26H24F3N3O2. The van der Waals surface area contributed by atoms with Crippen LogP contribution >= 0.6 is 0 Å². The molecule has 8 heteroatoms. The lowest BCUT2D eigenvalue weighted by Crippen LogP contribution is -2.31. The van der Waals surface area contributed by atoms with Crippen molar-refractivity contribution in [1.82, 2.24) is 9.88 Å². The van der Waals surface area contributed by atoms with Crippen LogP contribution in [0.3, 0.4) is 0 Å². The summed E-state index contributed by atoms with van der Waals surface area (Å²) in [5, 5.41) is 0. The number of anilines is 1. The molecule has 0 saturated heterocycles. The van der Waals surface area contributed by atoms with Gasteiger partial charge in [0, 0.05) is 31.8 Å². The number of amides is 2. The molecule has 5 nitrogen and oxygen atoms in total. The topological polar surface area (TPSA) is 53.5 Å². The second-order valence-corrected chi connectivity index (χ2v) is 7.82. The molecule has 0 fully saturated rings. The highest BCUT2D eigenvalue weighted by Crippen LogP contribution is 2.31. The summed E-state index contributed by atoms with van der Waals surface area (Å²) in [4.78, 5) is 31.8. The molecule has 3 rings (SSSR count). The van der Waals surface area contributed by atoms with E-state index < -0.39 is 11.7 Å². The van der Waals surface area contributed by atoms with Gasteiger partial charge < -0.3 is 9.80 Å². The molecule has 2 amide bonds. The Bertz CT molecular complexity index is 1150. The Kier molecular flexibility index (Phi) is 7.50. The largest absolute Gasteiger partial charge is 0.416 e. The minimum absolute atomic E-state index is 0.0887. The third kappa shape index (κ3) is 5.89. The van der Waals surface area contributed by atoms with E-state index in [-0.39, 0.29) is 11.8 Å². The van der Waals surface area contributed by atoms with E-state index in [1.807, 2.05) is 12.1 Å². The van der Waals surface area contributed by atoms with Gasteiger partial charge in [-0.3, -0.25) is 14.6 Å². The molecule has 0 radical (unpaired) electrons. The molecule has 0 aliphatic carbocycles. The highest BCUT2D eigenvalue weighted by atomic mass is 19.4. The van der Waals surface area contributed by atoms with Crippen molar-refractivity contribution in [2.24, 2.45) is 0 Å². The number of hydrogen-bond acceptors (Lipinski definition) is 3. The Morgan fingerprint density at radius 1 is 0.971 bits per heavy atom. The Morgan fingerprint density at radius 3 is 2.12 bits per heavy atom. The molecule has 0 unspecified atom stereocenters. The monoisotopic (exact) mass is 467 g/mol. The Hall–Kier alpha value is -3.94. The van der Waals surface area contributed by atoms with Gasteiger partial charge in [0.25, 0.3) is 5.91 Å². The Balaban J connectivity index is 1.73. The maximum Gasteiger partial charge on any atom is 0.416 e. The maximum absolute atomic E-state index is 12.8. The quantitative estimate of drug-likeness (QED) is 0.447. The highest BCUT2D eigenvalue weighted by molar-refractivity contribution is 6.01. The van der Waals surface area contributed by atoms with Crippen LogP contribution in [0, 0.1) is 0 Å². The van der Waals surface area contributed by atoms with Crippen LogP contribution in [0.15, 0.2) is 79.5 Å². The van der Waals surface area contributed by atoms with E-state index in [1.54, 1.807) is 38.4 Å². The number of hydrogen-bond donors (Lipinski definition) is 0. The molecule has 3 aromatic rings. The number of carbonyl (C=O) groups is 2. The van der Waals surface area contributed by atoms with Crippen LogP contribution in [0.4, 0.5) is 18.9 Å². The number of pyridine rings is 1. The molecule has 0 atom stereocenters. The SMILES string of the molecule is C=CC(=O)N(CCc1ccc(C(=O)N(C)C)cc1)c1ccc(-c2ccc(C(F)(F)F)cc2)nc1. The van der Waals surface area contributed by atoms with Gasteiger partial charge in [0.05, 0.1) is 23.1 Å². The van der Waals surface area contributed by atoms with Crippen molar-refractivity contribution in [3.8, 4) is 11.3 Å². The minimum Gasteiger partial charge on any atom is -0.345 e. The fourth-order valence-corrected chi connectivity index (χ4v) is 3.34. The molecule has 0 N–H and O–H groups in total. The summed E-state index contributed by atoms with van der Waals surface area (Å²) in [6.45, 7) is 3.91. The lowest BCUT2D eigenvalue weighted by Gasteiger charge is -2.21. The van der Waals surface area contributed by atoms with Gasteiger partial charge >= 0.3 is 6.18 Å². The van der Waals surface area contributed by atoms with Crippen LogP contribution in [0.2, 0.25) is 0 Å². The van der Waals surface area contributed by atoms with E-state index in [4.69, 9.17) is 0 Å². The average molecular weight is 467 g/mol. The van der Waals surface area contributed by atoms with E-state index in [2.05, 4.69) is 11.6 Å². The third-order valence-electron chi connectivity index (χ3n) is 5.24. The molecule has 1 aromatic heterocycles. The van der Waals surface area contributed by atoms with E-state index in [0.29, 0.717) is 35.5 Å². The van der Waals surface area contributed by atoms with Gasteiger partial charge in [-0.15, -0.1) is 0 Å². The van der Waals surface area contributed by atoms with Gasteiger partial charge in [0.15, 0.2) is 0 Å². The van der Waals surface area contributed by atoms with Crippen molar-refractivity contribution in [1.29, 1.82) is 0 Å². The minimum atomic E-state index is -4.40. The zero-order valence-corrected chi connectivity index (χ0v) is 18.8. The average Bonchev–Trinajstić information content (AvgIpc) is 2.83. The van der Waals surface area contributed by atoms with Crippen LogP contribution in [0.25, 0.3) is 11.3 Å². The number of rotatable bonds is 7. The maximum atomic E-state index is 12.8. The van der Waals surface area contributed by atoms with E-state index in [1.165, 1.54) is 34.2 Å². The molecule has 0 aliphatic heterocycles. The van der Waals surface area contributed by atoms with E-state index >= 15 is 0 Å². The molecule has 0 bridgehead atoms. The number of carbonyl (C=O) groups excluding carboxylic acids is 2. The molecule has 0 spiro atoms. The predicted octanol–water partition coefficient (Wildman–Crippen LogP) is 5.23. The lowest BCUT2D eigenvalue weighted by atomic mass is 10.1. The van der Waals surface area contributed by atoms with E-state index in [9.17, 15) is 22.8 Å². The van der Waals surface area contributed by atoms with Crippen molar-refractivity contribution in [2.75, 3.05) is 25.5 Å². The van der Waals surface area contributed by atoms with Gasteiger partial charge in [-0.2, -0.15) is 13.2 Å². The van der Waals surface area contributed by atoms with E-state index in [0.717, 1.165) is 17.7 Å². The first-order chi connectivity index (χ1) is 16.1. The molecule has 0 aliphatic rings. The standard InChI is InChI=1S/C26H24F3N3O2/c1-4-24(33)32(16-15-18-5-7-20(8-6-18)25(34)31(2)3)22-13-14-23(30-17-22)19-9-11-21(12-10-19)26(27,28)29/h4-14,17H,1,15-16H2,2-3H3. The van der Waals surface area contributed by atoms with Crippen molar-refractivity contribution in [3.63, 3.8) is 0 Å². The first kappa shape index (κ1) is 24.7. The number of aromatic nitrogens is 1. The van der Waals surface area contributed by atoms with Crippen LogP contribution < -0.4 is 4.90 Å². The van der Waals surface area contributed by atoms with Gasteiger partial charge in [-0.05, 0) is 54.5 Å². The first-order valence-electron chi connectivity index (χ1n) is 10.5. The fraction of sp³-hybridized carbons (Fsp3) is 0.192. The zero-order valence-electron chi connectivity index (χ0n) is 18.8. The molecule has 176 valence electrons. The Morgan fingerprint density at radius 2 is 1.62 bits per heavy atom. The fourth-order valence-electron chi connectivity index (χ4n) is 3.34. The summed E-state index contributed by atoms with van der Waals surface area (Å²) in [5.74, 6) is -0.391. The van der Waals surface area contributed by atoms with Crippen molar-refractivity contribution >= 4 is 17.5 Å². The normalized spacial score (nSPS) is 11.1. The summed E-state index contributed by atoms with van der Waals surface area (Å²) in [6.07, 6.45) is -1.14. The van der Waals surface area contributed by atoms with Gasteiger partial charge in [0.1, 0.15) is 0 Å². The molecule has 2 aromatic carbocycles. The number of benzene rings is 2. The van der Waals surface area contributed by atoms with Crippen molar-refractivity contribution in [3.05, 3.63) is 96.2 Å². The Labute approximate surface area is 196 Å². The summed E-state index contributed by atoms with van der Waals surface area (Å²) in [7, 11) is 3.37. The third-order valence-corrected chi connectivity index (χ3v) is 5.24. The summed E-state index contributed by atoms with van der Waals surface area (Å²) in [6, 6.07) is 15.3. The van der Waals surface area contributed by atoms with Crippen LogP contribution in [-0.4, -0.2) is 42.3 Å². The van der Waals surface area contributed by atoms with Crippen LogP contribution in [-0.2, 0) is 17.4 Å². The summed E-state index contributed by atoms with van der Waals surface area (Å²) >= 11 is 0. The van der Waals surface area contributed by atoms with Crippen LogP contribution in [0.1, 0.15) is 21.5 Å². The van der Waals surface area contributed by atoms with Crippen molar-refractivity contribution in [2.45, 2.75) is 12.6 Å².